The average molecular weight is 246 g/mol. The van der Waals surface area contributed by atoms with Crippen molar-refractivity contribution < 1.29 is 9.53 Å². The lowest BCUT2D eigenvalue weighted by atomic mass is 10.2. The molecule has 0 saturated heterocycles. The average Bonchev–Trinajstić information content (AvgIpc) is 2.31. The van der Waals surface area contributed by atoms with Crippen LogP contribution in [0, 0.1) is 0 Å². The molecule has 3 nitrogen and oxygen atoms in total. The van der Waals surface area contributed by atoms with Gasteiger partial charge < -0.3 is 9.72 Å². The number of carbonyl (C=O) groups is 1. The summed E-state index contributed by atoms with van der Waals surface area (Å²) in [5.74, 6) is -0.335. The first-order valence-corrected chi connectivity index (χ1v) is 4.76. The Balaban J connectivity index is 2.70. The SMILES string of the molecule is CC(C)(C)OC(=O)c1ccc(Br)[nH]1. The van der Waals surface area contributed by atoms with Crippen LogP contribution in [0.1, 0.15) is 31.3 Å². The summed E-state index contributed by atoms with van der Waals surface area (Å²) in [6.45, 7) is 5.51. The fraction of sp³-hybridized carbons (Fsp3) is 0.444. The lowest BCUT2D eigenvalue weighted by molar-refractivity contribution is 0.00635. The van der Waals surface area contributed by atoms with Gasteiger partial charge in [0.25, 0.3) is 0 Å². The van der Waals surface area contributed by atoms with Crippen LogP contribution in [-0.2, 0) is 4.74 Å². The van der Waals surface area contributed by atoms with Crippen LogP contribution in [0.2, 0.25) is 0 Å². The molecular weight excluding hydrogens is 234 g/mol. The van der Waals surface area contributed by atoms with Gasteiger partial charge in [-0.15, -0.1) is 0 Å². The second-order valence-electron chi connectivity index (χ2n) is 3.72. The van der Waals surface area contributed by atoms with Crippen LogP contribution in [0.15, 0.2) is 16.7 Å². The molecule has 0 aromatic carbocycles. The number of esters is 1. The van der Waals surface area contributed by atoms with Crippen LogP contribution >= 0.6 is 15.9 Å². The molecule has 0 aliphatic carbocycles. The molecule has 0 aliphatic rings. The molecule has 1 rings (SSSR count). The van der Waals surface area contributed by atoms with Gasteiger partial charge in [0, 0.05) is 0 Å². The minimum Gasteiger partial charge on any atom is -0.455 e. The summed E-state index contributed by atoms with van der Waals surface area (Å²) in [5, 5.41) is 0. The van der Waals surface area contributed by atoms with Gasteiger partial charge in [-0.3, -0.25) is 0 Å². The lowest BCUT2D eigenvalue weighted by Crippen LogP contribution is -2.24. The number of halogens is 1. The van der Waals surface area contributed by atoms with Crippen molar-refractivity contribution in [1.82, 2.24) is 4.98 Å². The molecule has 1 N–H and O–H groups in total. The van der Waals surface area contributed by atoms with Gasteiger partial charge >= 0.3 is 5.97 Å². The summed E-state index contributed by atoms with van der Waals surface area (Å²) in [6.07, 6.45) is 0. The molecule has 0 unspecified atom stereocenters. The Morgan fingerprint density at radius 3 is 2.46 bits per heavy atom. The molecular formula is C9H12BrNO2. The summed E-state index contributed by atoms with van der Waals surface area (Å²) in [4.78, 5) is 14.2. The fourth-order valence-corrected chi connectivity index (χ4v) is 1.17. The van der Waals surface area contributed by atoms with Crippen LogP contribution in [0.3, 0.4) is 0 Å². The van der Waals surface area contributed by atoms with E-state index in [1.54, 1.807) is 12.1 Å². The predicted molar refractivity (Wildman–Crippen MR) is 53.7 cm³/mol. The first kappa shape index (κ1) is 10.3. The van der Waals surface area contributed by atoms with Crippen molar-refractivity contribution >= 4 is 21.9 Å². The first-order chi connectivity index (χ1) is 5.88. The molecule has 0 bridgehead atoms. The molecule has 0 fully saturated rings. The van der Waals surface area contributed by atoms with Gasteiger partial charge in [0.1, 0.15) is 11.3 Å². The van der Waals surface area contributed by atoms with Crippen molar-refractivity contribution in [2.45, 2.75) is 26.4 Å². The van der Waals surface area contributed by atoms with E-state index < -0.39 is 5.60 Å². The smallest absolute Gasteiger partial charge is 0.355 e. The van der Waals surface area contributed by atoms with E-state index in [9.17, 15) is 4.79 Å². The Morgan fingerprint density at radius 1 is 1.46 bits per heavy atom. The van der Waals surface area contributed by atoms with E-state index >= 15 is 0 Å². The number of nitrogens with one attached hydrogen (secondary N) is 1. The minimum atomic E-state index is -0.450. The van der Waals surface area contributed by atoms with E-state index in [2.05, 4.69) is 20.9 Å². The van der Waals surface area contributed by atoms with E-state index in [1.807, 2.05) is 20.8 Å². The van der Waals surface area contributed by atoms with Crippen LogP contribution in [0.5, 0.6) is 0 Å². The van der Waals surface area contributed by atoms with Gasteiger partial charge in [-0.05, 0) is 48.8 Å². The van der Waals surface area contributed by atoms with Crippen molar-refractivity contribution in [3.63, 3.8) is 0 Å². The normalized spacial score (nSPS) is 11.4. The third-order valence-electron chi connectivity index (χ3n) is 1.27. The van der Waals surface area contributed by atoms with Crippen LogP contribution in [0.25, 0.3) is 0 Å². The topological polar surface area (TPSA) is 42.1 Å². The highest BCUT2D eigenvalue weighted by molar-refractivity contribution is 9.10. The van der Waals surface area contributed by atoms with Gasteiger partial charge in [-0.1, -0.05) is 0 Å². The molecule has 4 heteroatoms. The van der Waals surface area contributed by atoms with Gasteiger partial charge in [0.2, 0.25) is 0 Å². The number of aromatic nitrogens is 1. The number of carbonyl (C=O) groups excluding carboxylic acids is 1. The minimum absolute atomic E-state index is 0.335. The van der Waals surface area contributed by atoms with Crippen molar-refractivity contribution in [1.29, 1.82) is 0 Å². The Labute approximate surface area is 85.6 Å². The van der Waals surface area contributed by atoms with E-state index in [-0.39, 0.29) is 5.97 Å². The van der Waals surface area contributed by atoms with E-state index in [0.717, 1.165) is 4.60 Å². The molecule has 1 heterocycles. The van der Waals surface area contributed by atoms with Crippen molar-refractivity contribution in [3.05, 3.63) is 22.4 Å². The Morgan fingerprint density at radius 2 is 2.08 bits per heavy atom. The molecule has 0 aliphatic heterocycles. The summed E-state index contributed by atoms with van der Waals surface area (Å²) in [7, 11) is 0. The van der Waals surface area contributed by atoms with Gasteiger partial charge in [-0.2, -0.15) is 0 Å². The van der Waals surface area contributed by atoms with Crippen LogP contribution in [-0.4, -0.2) is 16.6 Å². The third-order valence-corrected chi connectivity index (χ3v) is 1.73. The maximum Gasteiger partial charge on any atom is 0.355 e. The summed E-state index contributed by atoms with van der Waals surface area (Å²) >= 11 is 3.22. The molecule has 0 saturated carbocycles. The lowest BCUT2D eigenvalue weighted by Gasteiger charge is -2.18. The summed E-state index contributed by atoms with van der Waals surface area (Å²) < 4.78 is 5.92. The summed E-state index contributed by atoms with van der Waals surface area (Å²) in [5.41, 5.74) is 0.0103. The van der Waals surface area contributed by atoms with Gasteiger partial charge in [0.15, 0.2) is 0 Å². The number of H-pyrrole nitrogens is 1. The maximum atomic E-state index is 11.4. The monoisotopic (exact) mass is 245 g/mol. The second kappa shape index (κ2) is 3.54. The molecule has 0 amide bonds. The summed E-state index contributed by atoms with van der Waals surface area (Å²) in [6, 6.07) is 3.44. The molecule has 0 spiro atoms. The largest absolute Gasteiger partial charge is 0.455 e. The van der Waals surface area contributed by atoms with E-state index in [0.29, 0.717) is 5.69 Å². The molecule has 0 radical (unpaired) electrons. The number of hydrogen-bond donors (Lipinski definition) is 1. The quantitative estimate of drug-likeness (QED) is 0.774. The second-order valence-corrected chi connectivity index (χ2v) is 4.58. The molecule has 0 atom stereocenters. The zero-order valence-corrected chi connectivity index (χ0v) is 9.44. The Kier molecular flexibility index (Phi) is 2.81. The highest BCUT2D eigenvalue weighted by atomic mass is 79.9. The number of hydrogen-bond acceptors (Lipinski definition) is 2. The molecule has 1 aromatic rings. The van der Waals surface area contributed by atoms with Crippen LogP contribution < -0.4 is 0 Å². The highest BCUT2D eigenvalue weighted by Gasteiger charge is 2.18. The third kappa shape index (κ3) is 3.22. The van der Waals surface area contributed by atoms with Gasteiger partial charge in [-0.25, -0.2) is 4.79 Å². The zero-order valence-electron chi connectivity index (χ0n) is 7.85. The van der Waals surface area contributed by atoms with E-state index in [1.165, 1.54) is 0 Å². The molecule has 13 heavy (non-hydrogen) atoms. The number of rotatable bonds is 1. The van der Waals surface area contributed by atoms with Crippen molar-refractivity contribution in [2.24, 2.45) is 0 Å². The highest BCUT2D eigenvalue weighted by Crippen LogP contribution is 2.13. The number of aromatic amines is 1. The predicted octanol–water partition coefficient (Wildman–Crippen LogP) is 2.73. The molecule has 72 valence electrons. The van der Waals surface area contributed by atoms with Crippen LogP contribution in [0.4, 0.5) is 0 Å². The fourth-order valence-electron chi connectivity index (χ4n) is 0.821. The Bertz CT molecular complexity index is 312. The van der Waals surface area contributed by atoms with E-state index in [4.69, 9.17) is 4.74 Å². The number of ether oxygens (including phenoxy) is 1. The van der Waals surface area contributed by atoms with Crippen molar-refractivity contribution in [2.75, 3.05) is 0 Å². The standard InChI is InChI=1S/C9H12BrNO2/c1-9(2,3)13-8(12)6-4-5-7(10)11-6/h4-5,11H,1-3H3. The van der Waals surface area contributed by atoms with Gasteiger partial charge in [0.05, 0.1) is 4.60 Å². The maximum absolute atomic E-state index is 11.4. The Hall–Kier alpha value is -0.770. The first-order valence-electron chi connectivity index (χ1n) is 3.96. The van der Waals surface area contributed by atoms with Crippen molar-refractivity contribution in [3.8, 4) is 0 Å². The zero-order chi connectivity index (χ0) is 10.1. The molecule has 1 aromatic heterocycles.